The molecule has 1 aliphatic carbocycles. The predicted octanol–water partition coefficient (Wildman–Crippen LogP) is 3.55. The van der Waals surface area contributed by atoms with Gasteiger partial charge in [-0.2, -0.15) is 0 Å². The van der Waals surface area contributed by atoms with Crippen LogP contribution in [0.25, 0.3) is 0 Å². The lowest BCUT2D eigenvalue weighted by molar-refractivity contribution is 0.760. The van der Waals surface area contributed by atoms with Crippen molar-refractivity contribution in [3.8, 4) is 0 Å². The van der Waals surface area contributed by atoms with Crippen LogP contribution >= 0.6 is 15.9 Å². The predicted molar refractivity (Wildman–Crippen MR) is 77.6 cm³/mol. The van der Waals surface area contributed by atoms with Crippen LogP contribution in [0.3, 0.4) is 0 Å². The monoisotopic (exact) mass is 296 g/mol. The molecule has 1 aliphatic rings. The Morgan fingerprint density at radius 1 is 1.41 bits per heavy atom. The quantitative estimate of drug-likeness (QED) is 0.864. The third-order valence-corrected chi connectivity index (χ3v) is 3.79. The topological polar surface area (TPSA) is 15.3 Å². The molecule has 1 N–H and O–H groups in total. The molecule has 1 saturated carbocycles. The van der Waals surface area contributed by atoms with Crippen molar-refractivity contribution in [1.29, 1.82) is 0 Å². The Morgan fingerprint density at radius 2 is 2.18 bits per heavy atom. The average Bonchev–Trinajstić information content (AvgIpc) is 3.11. The van der Waals surface area contributed by atoms with E-state index in [1.54, 1.807) is 0 Å². The van der Waals surface area contributed by atoms with E-state index in [4.69, 9.17) is 0 Å². The van der Waals surface area contributed by atoms with Gasteiger partial charge in [-0.05, 0) is 59.9 Å². The Morgan fingerprint density at radius 3 is 2.71 bits per heavy atom. The minimum absolute atomic E-state index is 0.779. The Kier molecular flexibility index (Phi) is 4.46. The molecule has 0 amide bonds. The van der Waals surface area contributed by atoms with Crippen LogP contribution in [0.4, 0.5) is 5.69 Å². The summed E-state index contributed by atoms with van der Waals surface area (Å²) in [7, 11) is 1.98. The maximum atomic E-state index is 3.71. The highest BCUT2D eigenvalue weighted by atomic mass is 79.9. The van der Waals surface area contributed by atoms with Crippen molar-refractivity contribution in [3.63, 3.8) is 0 Å². The third-order valence-electron chi connectivity index (χ3n) is 3.15. The Bertz CT molecular complexity index is 374. The van der Waals surface area contributed by atoms with E-state index in [2.05, 4.69) is 51.3 Å². The first kappa shape index (κ1) is 12.9. The molecule has 3 heteroatoms. The van der Waals surface area contributed by atoms with Crippen LogP contribution in [-0.2, 0) is 6.54 Å². The molecule has 2 nitrogen and oxygen atoms in total. The molecule has 0 spiro atoms. The molecule has 0 aliphatic heterocycles. The lowest BCUT2D eigenvalue weighted by atomic mass is 10.2. The van der Waals surface area contributed by atoms with Crippen LogP contribution in [0.15, 0.2) is 22.7 Å². The van der Waals surface area contributed by atoms with Gasteiger partial charge in [0.25, 0.3) is 0 Å². The van der Waals surface area contributed by atoms with E-state index in [1.165, 1.54) is 35.0 Å². The van der Waals surface area contributed by atoms with E-state index in [1.807, 2.05) is 7.05 Å². The van der Waals surface area contributed by atoms with E-state index in [9.17, 15) is 0 Å². The van der Waals surface area contributed by atoms with Gasteiger partial charge in [-0.1, -0.05) is 13.0 Å². The Balaban J connectivity index is 2.18. The number of hydrogen-bond donors (Lipinski definition) is 1. The van der Waals surface area contributed by atoms with E-state index in [-0.39, 0.29) is 0 Å². The van der Waals surface area contributed by atoms with Crippen LogP contribution in [-0.4, -0.2) is 19.6 Å². The Hall–Kier alpha value is -0.540. The standard InChI is InChI=1S/C14H21BrN2/c1-3-8-17(12-5-6-12)14-7-4-11(10-16-2)9-13(14)15/h4,7,9,12,16H,3,5-6,8,10H2,1-2H3. The van der Waals surface area contributed by atoms with Crippen LogP contribution in [0.1, 0.15) is 31.7 Å². The summed E-state index contributed by atoms with van der Waals surface area (Å²) in [6.45, 7) is 4.34. The van der Waals surface area contributed by atoms with E-state index in [0.29, 0.717) is 0 Å². The van der Waals surface area contributed by atoms with Gasteiger partial charge in [-0.3, -0.25) is 0 Å². The molecular formula is C14H21BrN2. The molecular weight excluding hydrogens is 276 g/mol. The van der Waals surface area contributed by atoms with Crippen molar-refractivity contribution in [3.05, 3.63) is 28.2 Å². The van der Waals surface area contributed by atoms with Crippen LogP contribution < -0.4 is 10.2 Å². The number of nitrogens with zero attached hydrogens (tertiary/aromatic N) is 1. The third kappa shape index (κ3) is 3.23. The summed E-state index contributed by atoms with van der Waals surface area (Å²) in [4.78, 5) is 2.55. The highest BCUT2D eigenvalue weighted by Crippen LogP contribution is 2.36. The Labute approximate surface area is 113 Å². The molecule has 1 aromatic carbocycles. The number of nitrogens with one attached hydrogen (secondary N) is 1. The van der Waals surface area contributed by atoms with Crippen molar-refractivity contribution < 1.29 is 0 Å². The van der Waals surface area contributed by atoms with Crippen molar-refractivity contribution in [1.82, 2.24) is 5.32 Å². The molecule has 1 aromatic rings. The maximum absolute atomic E-state index is 3.71. The largest absolute Gasteiger partial charge is 0.368 e. The first-order chi connectivity index (χ1) is 8.26. The van der Waals surface area contributed by atoms with Crippen LogP contribution in [0.2, 0.25) is 0 Å². The zero-order chi connectivity index (χ0) is 12.3. The molecule has 0 saturated heterocycles. The SMILES string of the molecule is CCCN(c1ccc(CNC)cc1Br)C1CC1. The van der Waals surface area contributed by atoms with Crippen molar-refractivity contribution >= 4 is 21.6 Å². The van der Waals surface area contributed by atoms with Gasteiger partial charge in [-0.25, -0.2) is 0 Å². The summed E-state index contributed by atoms with van der Waals surface area (Å²) < 4.78 is 1.23. The summed E-state index contributed by atoms with van der Waals surface area (Å²) >= 11 is 3.71. The van der Waals surface area contributed by atoms with E-state index >= 15 is 0 Å². The van der Waals surface area contributed by atoms with Gasteiger partial charge in [0.15, 0.2) is 0 Å². The molecule has 17 heavy (non-hydrogen) atoms. The first-order valence-electron chi connectivity index (χ1n) is 6.46. The zero-order valence-electron chi connectivity index (χ0n) is 10.7. The molecule has 1 fully saturated rings. The fourth-order valence-corrected chi connectivity index (χ4v) is 2.88. The summed E-state index contributed by atoms with van der Waals surface area (Å²) in [5.41, 5.74) is 2.68. The number of benzene rings is 1. The number of rotatable bonds is 6. The molecule has 0 radical (unpaired) electrons. The van der Waals surface area contributed by atoms with Gasteiger partial charge in [0.1, 0.15) is 0 Å². The summed E-state index contributed by atoms with van der Waals surface area (Å²) in [5.74, 6) is 0. The van der Waals surface area contributed by atoms with E-state index < -0.39 is 0 Å². The van der Waals surface area contributed by atoms with Crippen molar-refractivity contribution in [2.24, 2.45) is 0 Å². The second kappa shape index (κ2) is 5.87. The minimum Gasteiger partial charge on any atom is -0.368 e. The highest BCUT2D eigenvalue weighted by molar-refractivity contribution is 9.10. The van der Waals surface area contributed by atoms with Crippen molar-refractivity contribution in [2.45, 2.75) is 38.8 Å². The molecule has 0 aromatic heterocycles. The van der Waals surface area contributed by atoms with Gasteiger partial charge in [0.2, 0.25) is 0 Å². The molecule has 0 heterocycles. The minimum atomic E-state index is 0.779. The molecule has 0 bridgehead atoms. The van der Waals surface area contributed by atoms with Gasteiger partial charge >= 0.3 is 0 Å². The average molecular weight is 297 g/mol. The highest BCUT2D eigenvalue weighted by Gasteiger charge is 2.29. The van der Waals surface area contributed by atoms with Gasteiger partial charge < -0.3 is 10.2 Å². The maximum Gasteiger partial charge on any atom is 0.0513 e. The second-order valence-electron chi connectivity index (χ2n) is 4.74. The first-order valence-corrected chi connectivity index (χ1v) is 7.25. The number of hydrogen-bond acceptors (Lipinski definition) is 2. The zero-order valence-corrected chi connectivity index (χ0v) is 12.3. The fraction of sp³-hybridized carbons (Fsp3) is 0.571. The molecule has 94 valence electrons. The number of anilines is 1. The van der Waals surface area contributed by atoms with E-state index in [0.717, 1.165) is 19.1 Å². The summed E-state index contributed by atoms with van der Waals surface area (Å²) in [6, 6.07) is 7.49. The van der Waals surface area contributed by atoms with Gasteiger partial charge in [-0.15, -0.1) is 0 Å². The van der Waals surface area contributed by atoms with Gasteiger partial charge in [0.05, 0.1) is 5.69 Å². The van der Waals surface area contributed by atoms with Crippen molar-refractivity contribution in [2.75, 3.05) is 18.5 Å². The molecule has 0 atom stereocenters. The fourth-order valence-electron chi connectivity index (χ4n) is 2.22. The lowest BCUT2D eigenvalue weighted by Gasteiger charge is -2.25. The number of halogens is 1. The summed E-state index contributed by atoms with van der Waals surface area (Å²) in [5, 5.41) is 3.19. The second-order valence-corrected chi connectivity index (χ2v) is 5.59. The molecule has 0 unspecified atom stereocenters. The van der Waals surface area contributed by atoms with Crippen LogP contribution in [0, 0.1) is 0 Å². The lowest BCUT2D eigenvalue weighted by Crippen LogP contribution is -2.26. The van der Waals surface area contributed by atoms with Gasteiger partial charge in [0, 0.05) is 23.6 Å². The smallest absolute Gasteiger partial charge is 0.0513 e. The summed E-state index contributed by atoms with van der Waals surface area (Å²) in [6.07, 6.45) is 3.91. The molecule has 2 rings (SSSR count). The van der Waals surface area contributed by atoms with Crippen LogP contribution in [0.5, 0.6) is 0 Å². The normalized spacial score (nSPS) is 15.0.